The van der Waals surface area contributed by atoms with Crippen LogP contribution < -0.4 is 5.56 Å². The average Bonchev–Trinajstić information content (AvgIpc) is 2.45. The normalized spacial score (nSPS) is 10.6. The van der Waals surface area contributed by atoms with Crippen molar-refractivity contribution in [2.24, 2.45) is 0 Å². The van der Waals surface area contributed by atoms with Gasteiger partial charge in [-0.1, -0.05) is 30.2 Å². The number of terminal acetylenes is 1. The van der Waals surface area contributed by atoms with Crippen molar-refractivity contribution >= 4 is 23.9 Å². The first-order valence-corrected chi connectivity index (χ1v) is 7.09. The van der Waals surface area contributed by atoms with Crippen LogP contribution >= 0.6 is 11.8 Å². The van der Waals surface area contributed by atoms with E-state index in [9.17, 15) is 4.79 Å². The Hall–Kier alpha value is -2.25. The Labute approximate surface area is 122 Å². The molecule has 0 unspecified atom stereocenters. The maximum Gasteiger partial charge on any atom is 0.264 e. The van der Waals surface area contributed by atoms with E-state index in [2.05, 4.69) is 16.1 Å². The van der Waals surface area contributed by atoms with Crippen LogP contribution in [0.2, 0.25) is 0 Å². The van der Waals surface area contributed by atoms with Gasteiger partial charge in [-0.05, 0) is 30.2 Å². The van der Waals surface area contributed by atoms with Gasteiger partial charge in [0.2, 0.25) is 0 Å². The summed E-state index contributed by atoms with van der Waals surface area (Å²) in [5.41, 5.74) is 2.49. The van der Waals surface area contributed by atoms with Gasteiger partial charge >= 0.3 is 0 Å². The van der Waals surface area contributed by atoms with Crippen molar-refractivity contribution in [1.82, 2.24) is 10.2 Å². The lowest BCUT2D eigenvalue weighted by Gasteiger charge is -2.03. The minimum absolute atomic E-state index is 0.190. The van der Waals surface area contributed by atoms with Crippen LogP contribution in [0.4, 0.5) is 0 Å². The second kappa shape index (κ2) is 6.78. The summed E-state index contributed by atoms with van der Waals surface area (Å²) in [6, 6.07) is 9.56. The molecule has 0 atom stereocenters. The van der Waals surface area contributed by atoms with Gasteiger partial charge in [0.1, 0.15) is 0 Å². The zero-order valence-corrected chi connectivity index (χ0v) is 11.9. The van der Waals surface area contributed by atoms with Crippen LogP contribution in [0, 0.1) is 19.3 Å². The molecule has 0 aliphatic carbocycles. The SMILES string of the molecule is C#CCSc1ccccc1/C=C/c1n[nH]c(=O)cc1C. The highest BCUT2D eigenvalue weighted by Gasteiger charge is 2.00. The maximum atomic E-state index is 11.1. The van der Waals surface area contributed by atoms with Crippen molar-refractivity contribution in [1.29, 1.82) is 0 Å². The number of aryl methyl sites for hydroxylation is 1. The van der Waals surface area contributed by atoms with Crippen molar-refractivity contribution < 1.29 is 0 Å². The number of nitrogens with one attached hydrogen (secondary N) is 1. The molecule has 1 N–H and O–H groups in total. The Kier molecular flexibility index (Phi) is 4.80. The Bertz CT molecular complexity index is 726. The summed E-state index contributed by atoms with van der Waals surface area (Å²) >= 11 is 1.62. The zero-order valence-electron chi connectivity index (χ0n) is 11.1. The Morgan fingerprint density at radius 1 is 1.40 bits per heavy atom. The van der Waals surface area contributed by atoms with Gasteiger partial charge in [-0.25, -0.2) is 5.10 Å². The first kappa shape index (κ1) is 14.2. The monoisotopic (exact) mass is 282 g/mol. The predicted octanol–water partition coefficient (Wildman–Crippen LogP) is 2.97. The molecule has 0 saturated carbocycles. The molecule has 0 aliphatic heterocycles. The van der Waals surface area contributed by atoms with Crippen molar-refractivity contribution in [3.63, 3.8) is 0 Å². The summed E-state index contributed by atoms with van der Waals surface area (Å²) in [6.07, 6.45) is 9.16. The number of rotatable bonds is 4. The van der Waals surface area contributed by atoms with E-state index in [1.807, 2.05) is 43.3 Å². The number of hydrogen-bond acceptors (Lipinski definition) is 3. The molecular weight excluding hydrogens is 268 g/mol. The fourth-order valence-electron chi connectivity index (χ4n) is 1.71. The van der Waals surface area contributed by atoms with Gasteiger partial charge in [0, 0.05) is 11.0 Å². The highest BCUT2D eigenvalue weighted by molar-refractivity contribution is 7.99. The first-order valence-electron chi connectivity index (χ1n) is 6.10. The highest BCUT2D eigenvalue weighted by Crippen LogP contribution is 2.23. The Morgan fingerprint density at radius 2 is 2.20 bits per heavy atom. The van der Waals surface area contributed by atoms with Gasteiger partial charge in [-0.3, -0.25) is 4.79 Å². The summed E-state index contributed by atoms with van der Waals surface area (Å²) in [4.78, 5) is 12.3. The van der Waals surface area contributed by atoms with E-state index >= 15 is 0 Å². The van der Waals surface area contributed by atoms with Crippen LogP contribution in [0.3, 0.4) is 0 Å². The summed E-state index contributed by atoms with van der Waals surface area (Å²) in [5, 5.41) is 6.46. The maximum absolute atomic E-state index is 11.1. The average molecular weight is 282 g/mol. The number of aromatic amines is 1. The number of H-pyrrole nitrogens is 1. The zero-order chi connectivity index (χ0) is 14.4. The van der Waals surface area contributed by atoms with Gasteiger partial charge in [-0.2, -0.15) is 5.10 Å². The fraction of sp³-hybridized carbons (Fsp3) is 0.125. The van der Waals surface area contributed by atoms with Crippen LogP contribution in [0.1, 0.15) is 16.8 Å². The molecule has 0 spiro atoms. The molecule has 3 nitrogen and oxygen atoms in total. The second-order valence-corrected chi connectivity index (χ2v) is 5.18. The van der Waals surface area contributed by atoms with Crippen molar-refractivity contribution in [3.8, 4) is 12.3 Å². The van der Waals surface area contributed by atoms with Gasteiger partial charge in [0.15, 0.2) is 0 Å². The molecule has 4 heteroatoms. The second-order valence-electron chi connectivity index (χ2n) is 4.16. The van der Waals surface area contributed by atoms with Crippen LogP contribution in [-0.2, 0) is 0 Å². The summed E-state index contributed by atoms with van der Waals surface area (Å²) in [6.45, 7) is 1.86. The van der Waals surface area contributed by atoms with Gasteiger partial charge < -0.3 is 0 Å². The van der Waals surface area contributed by atoms with E-state index in [4.69, 9.17) is 6.42 Å². The quantitative estimate of drug-likeness (QED) is 0.692. The van der Waals surface area contributed by atoms with Crippen molar-refractivity contribution in [2.75, 3.05) is 5.75 Å². The minimum Gasteiger partial charge on any atom is -0.268 e. The lowest BCUT2D eigenvalue weighted by molar-refractivity contribution is 0.961. The molecule has 1 aromatic carbocycles. The van der Waals surface area contributed by atoms with Gasteiger partial charge in [0.25, 0.3) is 5.56 Å². The fourth-order valence-corrected chi connectivity index (χ4v) is 2.43. The van der Waals surface area contributed by atoms with E-state index in [1.165, 1.54) is 6.07 Å². The highest BCUT2D eigenvalue weighted by atomic mass is 32.2. The molecule has 100 valence electrons. The summed E-state index contributed by atoms with van der Waals surface area (Å²) in [5.74, 6) is 3.26. The smallest absolute Gasteiger partial charge is 0.264 e. The molecule has 0 bridgehead atoms. The molecule has 1 heterocycles. The van der Waals surface area contributed by atoms with Crippen molar-refractivity contribution in [2.45, 2.75) is 11.8 Å². The Morgan fingerprint density at radius 3 is 2.95 bits per heavy atom. The molecule has 20 heavy (non-hydrogen) atoms. The molecule has 0 aliphatic rings. The molecule has 1 aromatic heterocycles. The first-order chi connectivity index (χ1) is 9.70. The van der Waals surface area contributed by atoms with E-state index in [0.29, 0.717) is 5.75 Å². The molecular formula is C16H14N2OS. The van der Waals surface area contributed by atoms with Crippen LogP contribution in [0.25, 0.3) is 12.2 Å². The van der Waals surface area contributed by atoms with Crippen molar-refractivity contribution in [3.05, 3.63) is 57.5 Å². The Balaban J connectivity index is 2.27. The summed E-state index contributed by atoms with van der Waals surface area (Å²) < 4.78 is 0. The van der Waals surface area contributed by atoms with Gasteiger partial charge in [0.05, 0.1) is 11.4 Å². The van der Waals surface area contributed by atoms with E-state index in [-0.39, 0.29) is 5.56 Å². The number of thioether (sulfide) groups is 1. The number of aromatic nitrogens is 2. The molecule has 0 saturated heterocycles. The van der Waals surface area contributed by atoms with Crippen LogP contribution in [-0.4, -0.2) is 16.0 Å². The molecule has 0 fully saturated rings. The van der Waals surface area contributed by atoms with E-state index in [0.717, 1.165) is 21.7 Å². The lowest BCUT2D eigenvalue weighted by atomic mass is 10.1. The van der Waals surface area contributed by atoms with Crippen LogP contribution in [0.15, 0.2) is 40.0 Å². The number of benzene rings is 1. The summed E-state index contributed by atoms with van der Waals surface area (Å²) in [7, 11) is 0. The number of nitrogens with zero attached hydrogens (tertiary/aromatic N) is 1. The molecule has 0 radical (unpaired) electrons. The lowest BCUT2D eigenvalue weighted by Crippen LogP contribution is -2.08. The third-order valence-corrected chi connectivity index (χ3v) is 3.68. The minimum atomic E-state index is -0.190. The number of hydrogen-bond donors (Lipinski definition) is 1. The topological polar surface area (TPSA) is 45.8 Å². The molecule has 2 aromatic rings. The largest absolute Gasteiger partial charge is 0.268 e. The molecule has 2 rings (SSSR count). The van der Waals surface area contributed by atoms with E-state index in [1.54, 1.807) is 11.8 Å². The van der Waals surface area contributed by atoms with Crippen LogP contribution in [0.5, 0.6) is 0 Å². The van der Waals surface area contributed by atoms with Gasteiger partial charge in [-0.15, -0.1) is 18.2 Å². The predicted molar refractivity (Wildman–Crippen MR) is 84.5 cm³/mol. The van der Waals surface area contributed by atoms with E-state index < -0.39 is 0 Å². The standard InChI is InChI=1S/C16H14N2OS/c1-3-10-20-15-7-5-4-6-13(15)8-9-14-12(2)11-16(19)18-17-14/h1,4-9,11H,10H2,2H3,(H,18,19)/b9-8+. The third-order valence-electron chi connectivity index (χ3n) is 2.69. The molecule has 0 amide bonds. The third kappa shape index (κ3) is 3.62.